The van der Waals surface area contributed by atoms with E-state index in [-0.39, 0.29) is 11.8 Å². The molecule has 3 N–H and O–H groups in total. The Morgan fingerprint density at radius 2 is 1.29 bits per heavy atom. The van der Waals surface area contributed by atoms with Crippen LogP contribution in [0.1, 0.15) is 73.4 Å². The van der Waals surface area contributed by atoms with Gasteiger partial charge in [-0.2, -0.15) is 0 Å². The summed E-state index contributed by atoms with van der Waals surface area (Å²) in [5, 5.41) is 17.6. The van der Waals surface area contributed by atoms with Crippen LogP contribution in [-0.4, -0.2) is 28.3 Å². The Hall–Kier alpha value is -3.77. The molecule has 4 rings (SSSR count). The van der Waals surface area contributed by atoms with Crippen LogP contribution in [0.3, 0.4) is 0 Å². The molecule has 6 heteroatoms. The molecule has 4 unspecified atom stereocenters. The molecule has 1 saturated carbocycles. The first-order valence-corrected chi connectivity index (χ1v) is 14.2. The van der Waals surface area contributed by atoms with Gasteiger partial charge in [0.1, 0.15) is 11.7 Å². The molecule has 0 radical (unpaired) electrons. The molecule has 3 aromatic rings. The first-order chi connectivity index (χ1) is 19.1. The van der Waals surface area contributed by atoms with Crippen LogP contribution in [0.15, 0.2) is 60.7 Å². The molecule has 3 aromatic carbocycles. The number of benzene rings is 3. The van der Waals surface area contributed by atoms with E-state index < -0.39 is 41.0 Å². The van der Waals surface area contributed by atoms with Crippen LogP contribution in [-0.2, 0) is 19.8 Å². The Morgan fingerprint density at radius 1 is 0.805 bits per heavy atom. The Balaban J connectivity index is 1.82. The van der Waals surface area contributed by atoms with Gasteiger partial charge in [-0.3, -0.25) is 14.4 Å². The number of nitrogens with one attached hydrogen (secondary N) is 2. The fraction of sp³-hybridized carbons (Fsp3) is 0.400. The van der Waals surface area contributed by atoms with E-state index in [1.807, 2.05) is 88.4 Å². The van der Waals surface area contributed by atoms with Crippen molar-refractivity contribution in [3.63, 3.8) is 0 Å². The summed E-state index contributed by atoms with van der Waals surface area (Å²) < 4.78 is 0. The van der Waals surface area contributed by atoms with E-state index in [0.29, 0.717) is 16.9 Å². The molecule has 4 atom stereocenters. The molecule has 1 aliphatic rings. The average Bonchev–Trinajstić information content (AvgIpc) is 2.88. The van der Waals surface area contributed by atoms with E-state index in [0.717, 1.165) is 27.8 Å². The summed E-state index contributed by atoms with van der Waals surface area (Å²) in [5.41, 5.74) is 5.10. The van der Waals surface area contributed by atoms with Crippen molar-refractivity contribution < 1.29 is 19.5 Å². The summed E-state index contributed by atoms with van der Waals surface area (Å²) >= 11 is 0. The Labute approximate surface area is 243 Å². The largest absolute Gasteiger partial charge is 0.389 e. The Morgan fingerprint density at radius 3 is 1.78 bits per heavy atom. The summed E-state index contributed by atoms with van der Waals surface area (Å²) in [6.45, 7) is 15.6. The van der Waals surface area contributed by atoms with Gasteiger partial charge in [-0.05, 0) is 85.5 Å². The van der Waals surface area contributed by atoms with Crippen molar-refractivity contribution in [1.82, 2.24) is 0 Å². The molecule has 1 fully saturated rings. The minimum Gasteiger partial charge on any atom is -0.389 e. The number of amides is 2. The topological polar surface area (TPSA) is 95.5 Å². The maximum Gasteiger partial charge on any atom is 0.235 e. The number of Topliss-reactive ketones (excluding diaryl/α,β-unsaturated/α-hetero) is 1. The molecule has 41 heavy (non-hydrogen) atoms. The van der Waals surface area contributed by atoms with Gasteiger partial charge in [-0.25, -0.2) is 0 Å². The van der Waals surface area contributed by atoms with Crippen LogP contribution in [0.5, 0.6) is 0 Å². The summed E-state index contributed by atoms with van der Waals surface area (Å²) in [6.07, 6.45) is -0.306. The van der Waals surface area contributed by atoms with Crippen molar-refractivity contribution in [3.8, 4) is 0 Å². The van der Waals surface area contributed by atoms with Crippen LogP contribution in [0.2, 0.25) is 0 Å². The fourth-order valence-electron chi connectivity index (χ4n) is 5.89. The summed E-state index contributed by atoms with van der Waals surface area (Å²) in [5.74, 6) is -4.40. The molecule has 0 aliphatic heterocycles. The zero-order valence-corrected chi connectivity index (χ0v) is 25.4. The zero-order chi connectivity index (χ0) is 30.3. The smallest absolute Gasteiger partial charge is 0.235 e. The second-order valence-corrected chi connectivity index (χ2v) is 12.8. The predicted molar refractivity (Wildman–Crippen MR) is 164 cm³/mol. The molecule has 1 aliphatic carbocycles. The van der Waals surface area contributed by atoms with Gasteiger partial charge in [0, 0.05) is 23.7 Å². The lowest BCUT2D eigenvalue weighted by atomic mass is 9.61. The summed E-state index contributed by atoms with van der Waals surface area (Å²) in [4.78, 5) is 41.7. The highest BCUT2D eigenvalue weighted by Crippen LogP contribution is 2.47. The second-order valence-electron chi connectivity index (χ2n) is 12.8. The third kappa shape index (κ3) is 6.13. The Kier molecular flexibility index (Phi) is 8.28. The van der Waals surface area contributed by atoms with Crippen LogP contribution < -0.4 is 10.6 Å². The van der Waals surface area contributed by atoms with E-state index >= 15 is 0 Å². The fourth-order valence-corrected chi connectivity index (χ4v) is 5.89. The molecule has 216 valence electrons. The molecule has 0 spiro atoms. The highest BCUT2D eigenvalue weighted by molar-refractivity contribution is 6.10. The lowest BCUT2D eigenvalue weighted by Gasteiger charge is -2.44. The zero-order valence-electron chi connectivity index (χ0n) is 25.4. The number of anilines is 2. The molecule has 6 nitrogen and oxygen atoms in total. The van der Waals surface area contributed by atoms with Gasteiger partial charge in [0.25, 0.3) is 0 Å². The first-order valence-electron chi connectivity index (χ1n) is 14.2. The SMILES string of the molecule is Cc1cccc(NC(=O)C2C(=O)CC(C)(O)C(C(=O)Nc3cccc(C)c3C)C2c2ccc(C(C)(C)C)cc2)c1C. The quantitative estimate of drug-likeness (QED) is 0.312. The standard InChI is InChI=1S/C35H42N2O4/c1-20-11-9-13-26(22(20)3)36-32(39)30-28(38)19-35(8,41)31(33(40)37-27-14-10-12-21(2)23(27)4)29(30)24-15-17-25(18-16-24)34(5,6)7/h9-18,29-31,41H,19H2,1-8H3,(H,36,39)(H,37,40). The van der Waals surface area contributed by atoms with E-state index in [4.69, 9.17) is 0 Å². The molecule has 0 saturated heterocycles. The molecule has 0 heterocycles. The van der Waals surface area contributed by atoms with Crippen molar-refractivity contribution in [2.24, 2.45) is 11.8 Å². The molecular formula is C35H42N2O4. The van der Waals surface area contributed by atoms with Crippen LogP contribution in [0.4, 0.5) is 11.4 Å². The van der Waals surface area contributed by atoms with E-state index in [9.17, 15) is 19.5 Å². The maximum atomic E-state index is 14.1. The summed E-state index contributed by atoms with van der Waals surface area (Å²) in [7, 11) is 0. The van der Waals surface area contributed by atoms with Gasteiger partial charge in [0.05, 0.1) is 11.5 Å². The number of hydrogen-bond acceptors (Lipinski definition) is 4. The van der Waals surface area contributed by atoms with Crippen molar-refractivity contribution in [1.29, 1.82) is 0 Å². The van der Waals surface area contributed by atoms with Gasteiger partial charge >= 0.3 is 0 Å². The van der Waals surface area contributed by atoms with Crippen molar-refractivity contribution >= 4 is 29.0 Å². The predicted octanol–water partition coefficient (Wildman–Crippen LogP) is 6.53. The van der Waals surface area contributed by atoms with Crippen molar-refractivity contribution in [3.05, 3.63) is 94.0 Å². The van der Waals surface area contributed by atoms with Crippen LogP contribution >= 0.6 is 0 Å². The van der Waals surface area contributed by atoms with E-state index in [1.165, 1.54) is 6.92 Å². The number of aryl methyl sites for hydroxylation is 2. The maximum absolute atomic E-state index is 14.1. The van der Waals surface area contributed by atoms with Gasteiger partial charge < -0.3 is 15.7 Å². The lowest BCUT2D eigenvalue weighted by molar-refractivity contribution is -0.150. The number of ketones is 1. The Bertz CT molecular complexity index is 1480. The molecule has 0 aromatic heterocycles. The number of carbonyl (C=O) groups excluding carboxylic acids is 3. The average molecular weight is 555 g/mol. The number of rotatable bonds is 5. The van der Waals surface area contributed by atoms with Gasteiger partial charge in [-0.1, -0.05) is 69.3 Å². The third-order valence-electron chi connectivity index (χ3n) is 8.72. The molecular weight excluding hydrogens is 512 g/mol. The number of hydrogen-bond donors (Lipinski definition) is 3. The first kappa shape index (κ1) is 30.2. The minimum absolute atomic E-state index is 0.106. The number of carbonyl (C=O) groups is 3. The van der Waals surface area contributed by atoms with Crippen LogP contribution in [0, 0.1) is 39.5 Å². The lowest BCUT2D eigenvalue weighted by Crippen LogP contribution is -2.56. The number of aliphatic hydroxyl groups is 1. The molecule has 2 amide bonds. The molecule has 0 bridgehead atoms. The third-order valence-corrected chi connectivity index (χ3v) is 8.72. The van der Waals surface area contributed by atoms with E-state index in [2.05, 4.69) is 31.4 Å². The highest BCUT2D eigenvalue weighted by atomic mass is 16.3. The van der Waals surface area contributed by atoms with Crippen molar-refractivity contribution in [2.75, 3.05) is 10.6 Å². The van der Waals surface area contributed by atoms with E-state index in [1.54, 1.807) is 0 Å². The van der Waals surface area contributed by atoms with Gasteiger partial charge in [0.15, 0.2) is 0 Å². The monoisotopic (exact) mass is 554 g/mol. The van der Waals surface area contributed by atoms with Crippen molar-refractivity contribution in [2.45, 2.75) is 78.7 Å². The minimum atomic E-state index is -1.66. The normalized spacial score (nSPS) is 22.8. The van der Waals surface area contributed by atoms with Gasteiger partial charge in [-0.15, -0.1) is 0 Å². The second kappa shape index (κ2) is 11.2. The highest BCUT2D eigenvalue weighted by Gasteiger charge is 2.56. The van der Waals surface area contributed by atoms with Gasteiger partial charge in [0.2, 0.25) is 11.8 Å². The summed E-state index contributed by atoms with van der Waals surface area (Å²) in [6, 6.07) is 19.0. The van der Waals surface area contributed by atoms with Crippen LogP contribution in [0.25, 0.3) is 0 Å².